The number of aromatic nitrogens is 4. The molecule has 5 N–H and O–H groups in total. The first-order valence-electron chi connectivity index (χ1n) is 11.6. The third kappa shape index (κ3) is 4.70. The average Bonchev–Trinajstić information content (AvgIpc) is 3.44. The van der Waals surface area contributed by atoms with Gasteiger partial charge in [-0.3, -0.25) is 24.3 Å². The number of imidazole rings is 1. The van der Waals surface area contributed by atoms with Gasteiger partial charge in [0.1, 0.15) is 27.7 Å². The van der Waals surface area contributed by atoms with Gasteiger partial charge in [-0.15, -0.1) is 11.8 Å². The molecule has 2 atom stereocenters. The Morgan fingerprint density at radius 3 is 2.74 bits per heavy atom. The van der Waals surface area contributed by atoms with E-state index in [2.05, 4.69) is 30.6 Å². The molecule has 0 unspecified atom stereocenters. The number of allylic oxidation sites excluding steroid dienone is 1. The van der Waals surface area contributed by atoms with Crippen LogP contribution in [0.1, 0.15) is 19.3 Å². The van der Waals surface area contributed by atoms with Crippen molar-refractivity contribution in [2.45, 2.75) is 35.7 Å². The van der Waals surface area contributed by atoms with Gasteiger partial charge in [-0.25, -0.2) is 14.6 Å². The van der Waals surface area contributed by atoms with Gasteiger partial charge in [-0.05, 0) is 36.3 Å². The number of rotatable bonds is 7. The van der Waals surface area contributed by atoms with Crippen LogP contribution in [0.25, 0.3) is 11.2 Å². The standard InChI is InChI=1S/C22H21N7O6S2.Na.H/c30-11(6-36-18-13-16(25-7-24-13)27-22(35)28-18)26-14-19(32)29-15(21(33)34)10(5-37-20(14)29)12(8-1-2-8)9-3-4-23-17(9)31;;/h7-8,14,20H,1-6H2,(H,23,31)(H,26,30)(H,33,34)(H2,24,25,27,28,35);;/t14-,20-;;/m1../s1. The van der Waals surface area contributed by atoms with E-state index < -0.39 is 34.9 Å². The molecule has 2 saturated heterocycles. The number of amides is 3. The van der Waals surface area contributed by atoms with Gasteiger partial charge < -0.3 is 20.7 Å². The van der Waals surface area contributed by atoms with Crippen molar-refractivity contribution in [2.24, 2.45) is 5.92 Å². The zero-order chi connectivity index (χ0) is 25.8. The number of carbonyl (C=O) groups is 4. The summed E-state index contributed by atoms with van der Waals surface area (Å²) in [6.07, 6.45) is 3.70. The van der Waals surface area contributed by atoms with Crippen molar-refractivity contribution in [1.29, 1.82) is 0 Å². The number of nitrogens with one attached hydrogen (secondary N) is 4. The Bertz CT molecular complexity index is 1500. The van der Waals surface area contributed by atoms with Gasteiger partial charge in [-0.1, -0.05) is 11.8 Å². The van der Waals surface area contributed by atoms with Gasteiger partial charge in [0.25, 0.3) is 5.91 Å². The van der Waals surface area contributed by atoms with Crippen molar-refractivity contribution in [1.82, 2.24) is 35.5 Å². The molecular formula is C22H22N7NaO6S2. The number of fused-ring (bicyclic) bond motifs is 2. The van der Waals surface area contributed by atoms with Crippen LogP contribution in [0.15, 0.2) is 38.6 Å². The Morgan fingerprint density at radius 1 is 1.26 bits per heavy atom. The Kier molecular flexibility index (Phi) is 7.48. The van der Waals surface area contributed by atoms with Crippen LogP contribution in [0.5, 0.6) is 0 Å². The Labute approximate surface area is 245 Å². The number of carboxylic acids is 1. The van der Waals surface area contributed by atoms with Crippen LogP contribution in [-0.4, -0.2) is 113 Å². The fraction of sp³-hybridized carbons (Fsp3) is 0.409. The quantitative estimate of drug-likeness (QED) is 0.0917. The summed E-state index contributed by atoms with van der Waals surface area (Å²) in [7, 11) is 0. The maximum absolute atomic E-state index is 13.1. The molecule has 16 heteroatoms. The van der Waals surface area contributed by atoms with E-state index >= 15 is 0 Å². The van der Waals surface area contributed by atoms with E-state index in [0.29, 0.717) is 46.1 Å². The summed E-state index contributed by atoms with van der Waals surface area (Å²) < 4.78 is 0. The third-order valence-corrected chi connectivity index (χ3v) is 8.93. The molecule has 0 radical (unpaired) electrons. The molecule has 1 aliphatic carbocycles. The van der Waals surface area contributed by atoms with Crippen molar-refractivity contribution in [3.05, 3.63) is 39.2 Å². The molecule has 0 spiro atoms. The molecule has 2 aromatic rings. The molecule has 5 heterocycles. The van der Waals surface area contributed by atoms with Crippen molar-refractivity contribution in [3.8, 4) is 0 Å². The van der Waals surface area contributed by atoms with Crippen LogP contribution >= 0.6 is 23.5 Å². The second-order valence-electron chi connectivity index (χ2n) is 9.02. The van der Waals surface area contributed by atoms with Gasteiger partial charge in [-0.2, -0.15) is 4.98 Å². The molecule has 0 bridgehead atoms. The van der Waals surface area contributed by atoms with E-state index in [1.807, 2.05) is 0 Å². The van der Waals surface area contributed by atoms with Crippen molar-refractivity contribution < 1.29 is 24.3 Å². The van der Waals surface area contributed by atoms with Gasteiger partial charge in [0.2, 0.25) is 11.8 Å². The normalized spacial score (nSPS) is 23.9. The van der Waals surface area contributed by atoms with Gasteiger partial charge in [0.15, 0.2) is 5.65 Å². The number of aromatic amines is 2. The summed E-state index contributed by atoms with van der Waals surface area (Å²) in [5.41, 5.74) is 2.04. The summed E-state index contributed by atoms with van der Waals surface area (Å²) in [5, 5.41) is 15.3. The SMILES string of the molecule is O=C(CSc1nc(=O)[nH]c2nc[nH]c12)N[C@@H]1C(=O)N2C(C(=O)O)=C(C(=C3CCNC3=O)C3CC3)CS[C@H]12.[NaH]. The van der Waals surface area contributed by atoms with Crippen molar-refractivity contribution in [2.75, 3.05) is 18.1 Å². The number of nitrogens with zero attached hydrogens (tertiary/aromatic N) is 3. The number of H-pyrrole nitrogens is 2. The van der Waals surface area contributed by atoms with Crippen LogP contribution in [0.4, 0.5) is 0 Å². The molecule has 3 fully saturated rings. The first kappa shape index (κ1) is 27.0. The van der Waals surface area contributed by atoms with E-state index in [-0.39, 0.29) is 52.8 Å². The molecule has 6 rings (SSSR count). The molecule has 194 valence electrons. The Balaban J connectivity index is 0.00000294. The van der Waals surface area contributed by atoms with E-state index in [0.717, 1.165) is 30.2 Å². The minimum atomic E-state index is -1.23. The number of β-lactam (4-membered cyclic amide) rings is 1. The van der Waals surface area contributed by atoms with Gasteiger partial charge in [0.05, 0.1) is 12.1 Å². The minimum absolute atomic E-state index is 0. The molecule has 1 saturated carbocycles. The first-order valence-corrected chi connectivity index (χ1v) is 13.6. The number of hydrogen-bond donors (Lipinski definition) is 5. The average molecular weight is 568 g/mol. The second kappa shape index (κ2) is 10.5. The van der Waals surface area contributed by atoms with Gasteiger partial charge in [0, 0.05) is 17.9 Å². The number of carbonyl (C=O) groups excluding carboxylic acids is 3. The monoisotopic (exact) mass is 567 g/mol. The van der Waals surface area contributed by atoms with E-state index in [4.69, 9.17) is 0 Å². The topological polar surface area (TPSA) is 190 Å². The molecule has 0 aromatic carbocycles. The first-order chi connectivity index (χ1) is 17.8. The van der Waals surface area contributed by atoms with Crippen LogP contribution < -0.4 is 16.3 Å². The summed E-state index contributed by atoms with van der Waals surface area (Å²) >= 11 is 2.40. The molecule has 13 nitrogen and oxygen atoms in total. The fourth-order valence-electron chi connectivity index (χ4n) is 4.93. The molecule has 2 aromatic heterocycles. The fourth-order valence-corrected chi connectivity index (χ4v) is 7.10. The molecule has 3 aliphatic heterocycles. The van der Waals surface area contributed by atoms with Crippen LogP contribution in [0, 0.1) is 5.92 Å². The summed E-state index contributed by atoms with van der Waals surface area (Å²) in [6.45, 7) is 0.517. The predicted molar refractivity (Wildman–Crippen MR) is 139 cm³/mol. The number of aliphatic carboxylic acids is 1. The zero-order valence-electron chi connectivity index (χ0n) is 19.2. The third-order valence-electron chi connectivity index (χ3n) is 6.68. The van der Waals surface area contributed by atoms with Crippen LogP contribution in [0.2, 0.25) is 0 Å². The Hall–Kier alpha value is -2.59. The number of carboxylic acid groups (broad SMARTS) is 1. The second-order valence-corrected chi connectivity index (χ2v) is 11.1. The number of thioether (sulfide) groups is 2. The van der Waals surface area contributed by atoms with Crippen molar-refractivity contribution >= 4 is 87.9 Å². The maximum atomic E-state index is 13.1. The van der Waals surface area contributed by atoms with E-state index in [1.54, 1.807) is 0 Å². The number of hydrogen-bond acceptors (Lipinski definition) is 9. The molecule has 3 amide bonds. The van der Waals surface area contributed by atoms with Crippen LogP contribution in [-0.2, 0) is 19.2 Å². The van der Waals surface area contributed by atoms with E-state index in [1.165, 1.54) is 23.0 Å². The molecule has 4 aliphatic rings. The summed E-state index contributed by atoms with van der Waals surface area (Å²) in [5.74, 6) is -2.01. The van der Waals surface area contributed by atoms with E-state index in [9.17, 15) is 29.1 Å². The van der Waals surface area contributed by atoms with Crippen molar-refractivity contribution in [3.63, 3.8) is 0 Å². The summed E-state index contributed by atoms with van der Waals surface area (Å²) in [6, 6.07) is -0.875. The van der Waals surface area contributed by atoms with Gasteiger partial charge >= 0.3 is 41.2 Å². The summed E-state index contributed by atoms with van der Waals surface area (Å²) in [4.78, 5) is 76.6. The molecular weight excluding hydrogens is 545 g/mol. The zero-order valence-corrected chi connectivity index (χ0v) is 20.8. The van der Waals surface area contributed by atoms with Crippen LogP contribution in [0.3, 0.4) is 0 Å². The predicted octanol–water partition coefficient (Wildman–Crippen LogP) is -0.945. The Morgan fingerprint density at radius 2 is 2.05 bits per heavy atom. The molecule has 38 heavy (non-hydrogen) atoms.